The Bertz CT molecular complexity index is 345. The minimum Gasteiger partial charge on any atom is -0.399 e. The summed E-state index contributed by atoms with van der Waals surface area (Å²) >= 11 is 0. The van der Waals surface area contributed by atoms with Gasteiger partial charge in [0.05, 0.1) is 6.04 Å². The molecule has 0 radical (unpaired) electrons. The Kier molecular flexibility index (Phi) is 2.15. The standard InChI is InChI=1S/C11H14N2O/c1-13-10(6-7-11(13)14)8-2-4-9(12)5-3-8/h2-5,10H,6-7,12H2,1H3/t10-/m1/s1. The molecule has 1 fully saturated rings. The molecule has 1 aromatic carbocycles. The Labute approximate surface area is 83.5 Å². The number of nitrogen functional groups attached to an aromatic ring is 1. The summed E-state index contributed by atoms with van der Waals surface area (Å²) < 4.78 is 0. The van der Waals surface area contributed by atoms with Gasteiger partial charge in [0.2, 0.25) is 5.91 Å². The molecule has 1 atom stereocenters. The van der Waals surface area contributed by atoms with E-state index in [0.29, 0.717) is 6.42 Å². The van der Waals surface area contributed by atoms with Crippen LogP contribution < -0.4 is 5.73 Å². The van der Waals surface area contributed by atoms with Crippen LogP contribution in [0.3, 0.4) is 0 Å². The highest BCUT2D eigenvalue weighted by Gasteiger charge is 2.28. The van der Waals surface area contributed by atoms with Crippen LogP contribution in [0.4, 0.5) is 5.69 Å². The third-order valence-corrected chi connectivity index (χ3v) is 2.81. The zero-order valence-electron chi connectivity index (χ0n) is 8.23. The van der Waals surface area contributed by atoms with Gasteiger partial charge in [-0.15, -0.1) is 0 Å². The summed E-state index contributed by atoms with van der Waals surface area (Å²) in [7, 11) is 1.86. The fraction of sp³-hybridized carbons (Fsp3) is 0.364. The summed E-state index contributed by atoms with van der Waals surface area (Å²) in [5, 5.41) is 0. The lowest BCUT2D eigenvalue weighted by molar-refractivity contribution is -0.127. The average molecular weight is 190 g/mol. The van der Waals surface area contributed by atoms with Gasteiger partial charge in [-0.25, -0.2) is 0 Å². The van der Waals surface area contributed by atoms with Crippen LogP contribution in [0.15, 0.2) is 24.3 Å². The van der Waals surface area contributed by atoms with Crippen molar-refractivity contribution in [1.82, 2.24) is 4.90 Å². The molecule has 0 aliphatic carbocycles. The molecule has 0 bridgehead atoms. The number of amides is 1. The maximum absolute atomic E-state index is 11.3. The highest BCUT2D eigenvalue weighted by Crippen LogP contribution is 2.31. The van der Waals surface area contributed by atoms with Crippen molar-refractivity contribution in [2.24, 2.45) is 0 Å². The van der Waals surface area contributed by atoms with Gasteiger partial charge in [-0.2, -0.15) is 0 Å². The Hall–Kier alpha value is -1.51. The molecule has 74 valence electrons. The summed E-state index contributed by atoms with van der Waals surface area (Å²) in [5.74, 6) is 0.229. The van der Waals surface area contributed by atoms with Gasteiger partial charge in [0, 0.05) is 19.2 Å². The first-order chi connectivity index (χ1) is 6.68. The van der Waals surface area contributed by atoms with E-state index in [2.05, 4.69) is 0 Å². The molecule has 3 heteroatoms. The highest BCUT2D eigenvalue weighted by molar-refractivity contribution is 5.78. The molecule has 0 saturated carbocycles. The number of benzene rings is 1. The third-order valence-electron chi connectivity index (χ3n) is 2.81. The number of hydrogen-bond acceptors (Lipinski definition) is 2. The van der Waals surface area contributed by atoms with Crippen molar-refractivity contribution in [3.63, 3.8) is 0 Å². The molecular formula is C11H14N2O. The van der Waals surface area contributed by atoms with Crippen LogP contribution in [0, 0.1) is 0 Å². The maximum atomic E-state index is 11.3. The van der Waals surface area contributed by atoms with Crippen LogP contribution in [0.25, 0.3) is 0 Å². The van der Waals surface area contributed by atoms with E-state index in [0.717, 1.165) is 12.1 Å². The van der Waals surface area contributed by atoms with Gasteiger partial charge in [-0.3, -0.25) is 4.79 Å². The van der Waals surface area contributed by atoms with E-state index in [-0.39, 0.29) is 11.9 Å². The summed E-state index contributed by atoms with van der Waals surface area (Å²) in [6.45, 7) is 0. The van der Waals surface area contributed by atoms with Crippen molar-refractivity contribution in [3.05, 3.63) is 29.8 Å². The second-order valence-electron chi connectivity index (χ2n) is 3.73. The lowest BCUT2D eigenvalue weighted by Gasteiger charge is -2.20. The molecule has 0 unspecified atom stereocenters. The Morgan fingerprint density at radius 2 is 2.00 bits per heavy atom. The van der Waals surface area contributed by atoms with Gasteiger partial charge in [0.1, 0.15) is 0 Å². The molecule has 1 aliphatic heterocycles. The predicted molar refractivity (Wildman–Crippen MR) is 55.6 cm³/mol. The molecule has 0 aromatic heterocycles. The highest BCUT2D eigenvalue weighted by atomic mass is 16.2. The molecule has 1 saturated heterocycles. The molecule has 2 rings (SSSR count). The smallest absolute Gasteiger partial charge is 0.222 e. The van der Waals surface area contributed by atoms with Crippen molar-refractivity contribution in [3.8, 4) is 0 Å². The van der Waals surface area contributed by atoms with Crippen LogP contribution in [-0.2, 0) is 4.79 Å². The Morgan fingerprint density at radius 3 is 2.50 bits per heavy atom. The number of anilines is 1. The fourth-order valence-corrected chi connectivity index (χ4v) is 1.91. The zero-order chi connectivity index (χ0) is 10.1. The summed E-state index contributed by atoms with van der Waals surface area (Å²) in [4.78, 5) is 13.1. The quantitative estimate of drug-likeness (QED) is 0.683. The first-order valence-electron chi connectivity index (χ1n) is 4.79. The normalized spacial score (nSPS) is 21.6. The van der Waals surface area contributed by atoms with Gasteiger partial charge >= 0.3 is 0 Å². The third kappa shape index (κ3) is 1.45. The maximum Gasteiger partial charge on any atom is 0.222 e. The van der Waals surface area contributed by atoms with Gasteiger partial charge < -0.3 is 10.6 Å². The average Bonchev–Trinajstić information content (AvgIpc) is 2.50. The van der Waals surface area contributed by atoms with Crippen molar-refractivity contribution in [2.75, 3.05) is 12.8 Å². The van der Waals surface area contributed by atoms with E-state index in [4.69, 9.17) is 5.73 Å². The largest absolute Gasteiger partial charge is 0.399 e. The molecule has 3 nitrogen and oxygen atoms in total. The van der Waals surface area contributed by atoms with Gasteiger partial charge in [-0.1, -0.05) is 12.1 Å². The van der Waals surface area contributed by atoms with Crippen molar-refractivity contribution in [1.29, 1.82) is 0 Å². The van der Waals surface area contributed by atoms with Crippen molar-refractivity contribution in [2.45, 2.75) is 18.9 Å². The van der Waals surface area contributed by atoms with E-state index >= 15 is 0 Å². The topological polar surface area (TPSA) is 46.3 Å². The van der Waals surface area contributed by atoms with Gasteiger partial charge in [0.25, 0.3) is 0 Å². The van der Waals surface area contributed by atoms with E-state index in [1.807, 2.05) is 36.2 Å². The number of carbonyl (C=O) groups is 1. The Morgan fingerprint density at radius 1 is 1.36 bits per heavy atom. The van der Waals surface area contributed by atoms with Crippen molar-refractivity contribution >= 4 is 11.6 Å². The van der Waals surface area contributed by atoms with Crippen LogP contribution in [-0.4, -0.2) is 17.9 Å². The molecule has 1 aliphatic rings. The first kappa shape index (κ1) is 9.06. The number of carbonyl (C=O) groups excluding carboxylic acids is 1. The first-order valence-corrected chi connectivity index (χ1v) is 4.79. The number of nitrogens with zero attached hydrogens (tertiary/aromatic N) is 1. The molecule has 0 spiro atoms. The minimum absolute atomic E-state index is 0.229. The lowest BCUT2D eigenvalue weighted by atomic mass is 10.0. The Balaban J connectivity index is 2.23. The molecule has 1 heterocycles. The summed E-state index contributed by atoms with van der Waals surface area (Å²) in [6, 6.07) is 7.99. The van der Waals surface area contributed by atoms with E-state index in [9.17, 15) is 4.79 Å². The molecule has 1 aromatic rings. The van der Waals surface area contributed by atoms with Crippen molar-refractivity contribution < 1.29 is 4.79 Å². The van der Waals surface area contributed by atoms with E-state index in [1.165, 1.54) is 5.56 Å². The van der Waals surface area contributed by atoms with Crippen LogP contribution in [0.5, 0.6) is 0 Å². The monoisotopic (exact) mass is 190 g/mol. The lowest BCUT2D eigenvalue weighted by Crippen LogP contribution is -2.22. The van der Waals surface area contributed by atoms with Crippen LogP contribution in [0.2, 0.25) is 0 Å². The SMILES string of the molecule is CN1C(=O)CC[C@@H]1c1ccc(N)cc1. The van der Waals surface area contributed by atoms with E-state index in [1.54, 1.807) is 0 Å². The fourth-order valence-electron chi connectivity index (χ4n) is 1.91. The van der Waals surface area contributed by atoms with Gasteiger partial charge in [-0.05, 0) is 24.1 Å². The predicted octanol–water partition coefficient (Wildman–Crippen LogP) is 1.56. The number of nitrogens with two attached hydrogens (primary N) is 1. The second kappa shape index (κ2) is 3.33. The minimum atomic E-state index is 0.229. The summed E-state index contributed by atoms with van der Waals surface area (Å²) in [5.41, 5.74) is 7.54. The summed E-state index contributed by atoms with van der Waals surface area (Å²) in [6.07, 6.45) is 1.57. The molecular weight excluding hydrogens is 176 g/mol. The number of hydrogen-bond donors (Lipinski definition) is 1. The number of rotatable bonds is 1. The number of likely N-dealkylation sites (tertiary alicyclic amines) is 1. The molecule has 2 N–H and O–H groups in total. The van der Waals surface area contributed by atoms with E-state index < -0.39 is 0 Å². The zero-order valence-corrected chi connectivity index (χ0v) is 8.23. The van der Waals surface area contributed by atoms with Gasteiger partial charge in [0.15, 0.2) is 0 Å². The second-order valence-corrected chi connectivity index (χ2v) is 3.73. The van der Waals surface area contributed by atoms with Crippen LogP contribution >= 0.6 is 0 Å². The van der Waals surface area contributed by atoms with Crippen LogP contribution in [0.1, 0.15) is 24.4 Å². The molecule has 14 heavy (non-hydrogen) atoms. The molecule has 1 amide bonds.